The number of benzene rings is 10. The number of nitrogens with zero attached hydrogens (tertiary/aromatic N) is 2. The van der Waals surface area contributed by atoms with E-state index in [0.29, 0.717) is 0 Å². The summed E-state index contributed by atoms with van der Waals surface area (Å²) in [5.74, 6) is 0. The third-order valence-electron chi connectivity index (χ3n) is 14.7. The predicted octanol–water partition coefficient (Wildman–Crippen LogP) is 16.6. The molecule has 0 unspecified atom stereocenters. The van der Waals surface area contributed by atoms with Crippen molar-refractivity contribution in [1.29, 1.82) is 0 Å². The third kappa shape index (κ3) is 5.55. The highest BCUT2D eigenvalue weighted by Crippen LogP contribution is 2.57. The fraction of sp³-hybridized carbons (Fsp3) is 0.0625. The zero-order chi connectivity index (χ0) is 44.0. The van der Waals surface area contributed by atoms with Crippen molar-refractivity contribution in [2.75, 3.05) is 4.90 Å². The Morgan fingerprint density at radius 3 is 1.35 bits per heavy atom. The van der Waals surface area contributed by atoms with Crippen LogP contribution >= 0.6 is 0 Å². The molecule has 2 aliphatic carbocycles. The summed E-state index contributed by atoms with van der Waals surface area (Å²) in [4.78, 5) is 2.43. The first kappa shape index (κ1) is 38.3. The summed E-state index contributed by atoms with van der Waals surface area (Å²) >= 11 is 0. The summed E-state index contributed by atoms with van der Waals surface area (Å²) in [5, 5.41) is 2.54. The van der Waals surface area contributed by atoms with Crippen LogP contribution in [0.3, 0.4) is 0 Å². The zero-order valence-corrected chi connectivity index (χ0v) is 37.0. The van der Waals surface area contributed by atoms with Crippen molar-refractivity contribution in [2.24, 2.45) is 0 Å². The van der Waals surface area contributed by atoms with Crippen LogP contribution in [0.2, 0.25) is 0 Å². The van der Waals surface area contributed by atoms with E-state index >= 15 is 0 Å². The van der Waals surface area contributed by atoms with Crippen molar-refractivity contribution in [3.05, 3.63) is 276 Å². The summed E-state index contributed by atoms with van der Waals surface area (Å²) in [5.41, 5.74) is 21.9. The lowest BCUT2D eigenvalue weighted by Crippen LogP contribution is -2.28. The van der Waals surface area contributed by atoms with Gasteiger partial charge in [0.1, 0.15) is 0 Å². The smallest absolute Gasteiger partial charge is 0.0713 e. The fourth-order valence-corrected chi connectivity index (χ4v) is 11.7. The van der Waals surface area contributed by atoms with Crippen LogP contribution in [0.5, 0.6) is 0 Å². The van der Waals surface area contributed by atoms with E-state index in [0.717, 1.165) is 22.7 Å². The van der Waals surface area contributed by atoms with Gasteiger partial charge in [0.05, 0.1) is 16.4 Å². The zero-order valence-electron chi connectivity index (χ0n) is 37.0. The maximum Gasteiger partial charge on any atom is 0.0713 e. The second-order valence-corrected chi connectivity index (χ2v) is 18.5. The van der Waals surface area contributed by atoms with Gasteiger partial charge in [-0.25, -0.2) is 0 Å². The fourth-order valence-electron chi connectivity index (χ4n) is 11.7. The van der Waals surface area contributed by atoms with E-state index in [-0.39, 0.29) is 5.41 Å². The Bertz CT molecular complexity index is 3550. The third-order valence-corrected chi connectivity index (χ3v) is 14.7. The molecule has 0 aliphatic heterocycles. The normalized spacial score (nSPS) is 13.8. The lowest BCUT2D eigenvalue weighted by atomic mass is 9.68. The standard InChI is InChI=1S/C64H46N2/c1-63(2)57-23-11-6-18-51(57)54-41-40-50(42-60(54)63)65(47-34-28-43(29-35-47)44-30-36-49(37-31-44)66-61-26-14-9-21-55(61)56-22-10-15-27-62(56)66)48-38-32-46(33-39-48)64(45-16-4-3-5-17-45)58-24-12-7-19-52(58)53-20-8-13-25-59(53)64/h3-42H,1-2H3. The largest absolute Gasteiger partial charge is 0.310 e. The molecule has 0 radical (unpaired) electrons. The molecule has 13 rings (SSSR count). The molecule has 0 amide bonds. The van der Waals surface area contributed by atoms with Gasteiger partial charge in [-0.3, -0.25) is 0 Å². The molecule has 2 aliphatic rings. The van der Waals surface area contributed by atoms with E-state index in [2.05, 4.69) is 266 Å². The Hall–Kier alpha value is -8.20. The first-order chi connectivity index (χ1) is 32.5. The maximum absolute atomic E-state index is 2.43. The summed E-state index contributed by atoms with van der Waals surface area (Å²) in [7, 11) is 0. The number of anilines is 3. The van der Waals surface area contributed by atoms with Crippen LogP contribution in [-0.4, -0.2) is 4.57 Å². The Morgan fingerprint density at radius 2 is 0.758 bits per heavy atom. The summed E-state index contributed by atoms with van der Waals surface area (Å²) in [6.07, 6.45) is 0. The van der Waals surface area contributed by atoms with E-state index in [1.165, 1.54) is 88.6 Å². The van der Waals surface area contributed by atoms with Crippen LogP contribution in [0.25, 0.3) is 60.9 Å². The van der Waals surface area contributed by atoms with Crippen molar-refractivity contribution >= 4 is 38.9 Å². The number of hydrogen-bond donors (Lipinski definition) is 0. The van der Waals surface area contributed by atoms with Gasteiger partial charge in [-0.15, -0.1) is 0 Å². The topological polar surface area (TPSA) is 8.17 Å². The van der Waals surface area contributed by atoms with Gasteiger partial charge < -0.3 is 9.47 Å². The van der Waals surface area contributed by atoms with Crippen LogP contribution < -0.4 is 4.90 Å². The van der Waals surface area contributed by atoms with Gasteiger partial charge in [0.25, 0.3) is 0 Å². The van der Waals surface area contributed by atoms with Crippen molar-refractivity contribution in [1.82, 2.24) is 4.57 Å². The van der Waals surface area contributed by atoms with Gasteiger partial charge in [-0.1, -0.05) is 196 Å². The van der Waals surface area contributed by atoms with E-state index in [1.807, 2.05) is 0 Å². The first-order valence-corrected chi connectivity index (χ1v) is 23.1. The maximum atomic E-state index is 2.43. The van der Waals surface area contributed by atoms with Gasteiger partial charge in [-0.2, -0.15) is 0 Å². The van der Waals surface area contributed by atoms with Crippen molar-refractivity contribution in [3.63, 3.8) is 0 Å². The molecule has 2 heteroatoms. The van der Waals surface area contributed by atoms with E-state index in [9.17, 15) is 0 Å². The second kappa shape index (κ2) is 14.7. The van der Waals surface area contributed by atoms with Crippen LogP contribution in [0.4, 0.5) is 17.1 Å². The average molecular weight is 843 g/mol. The molecule has 66 heavy (non-hydrogen) atoms. The van der Waals surface area contributed by atoms with Crippen LogP contribution in [-0.2, 0) is 10.8 Å². The minimum atomic E-state index is -0.458. The van der Waals surface area contributed by atoms with Gasteiger partial charge >= 0.3 is 0 Å². The molecule has 1 aromatic heterocycles. The van der Waals surface area contributed by atoms with Crippen molar-refractivity contribution < 1.29 is 0 Å². The van der Waals surface area contributed by atoms with Gasteiger partial charge in [0.2, 0.25) is 0 Å². The molecule has 0 atom stereocenters. The molecule has 0 fully saturated rings. The van der Waals surface area contributed by atoms with Gasteiger partial charge in [-0.05, 0) is 127 Å². The number of fused-ring (bicyclic) bond motifs is 9. The highest BCUT2D eigenvalue weighted by molar-refractivity contribution is 6.09. The monoisotopic (exact) mass is 842 g/mol. The molecule has 2 nitrogen and oxygen atoms in total. The Labute approximate surface area is 386 Å². The molecular formula is C64H46N2. The highest BCUT2D eigenvalue weighted by atomic mass is 15.1. The predicted molar refractivity (Wildman–Crippen MR) is 276 cm³/mol. The quantitative estimate of drug-likeness (QED) is 0.155. The summed E-state index contributed by atoms with van der Waals surface area (Å²) < 4.78 is 2.38. The van der Waals surface area contributed by atoms with Crippen molar-refractivity contribution in [2.45, 2.75) is 24.7 Å². The summed E-state index contributed by atoms with van der Waals surface area (Å²) in [6.45, 7) is 4.73. The second-order valence-electron chi connectivity index (χ2n) is 18.5. The molecule has 0 saturated carbocycles. The minimum Gasteiger partial charge on any atom is -0.310 e. The molecule has 0 bridgehead atoms. The molecule has 1 heterocycles. The lowest BCUT2D eigenvalue weighted by molar-refractivity contribution is 0.660. The molecule has 0 spiro atoms. The summed E-state index contributed by atoms with van der Waals surface area (Å²) in [6, 6.07) is 89.9. The number of rotatable bonds is 7. The Kier molecular flexibility index (Phi) is 8.51. The van der Waals surface area contributed by atoms with E-state index in [4.69, 9.17) is 0 Å². The van der Waals surface area contributed by atoms with Crippen LogP contribution in [0, 0.1) is 0 Å². The molecule has 10 aromatic carbocycles. The van der Waals surface area contributed by atoms with Crippen LogP contribution in [0.15, 0.2) is 243 Å². The number of aromatic nitrogens is 1. The van der Waals surface area contributed by atoms with E-state index in [1.54, 1.807) is 0 Å². The average Bonchev–Trinajstić information content (AvgIpc) is 3.96. The Morgan fingerprint density at radius 1 is 0.333 bits per heavy atom. The molecule has 11 aromatic rings. The van der Waals surface area contributed by atoms with Gasteiger partial charge in [0, 0.05) is 38.9 Å². The number of hydrogen-bond acceptors (Lipinski definition) is 1. The lowest BCUT2D eigenvalue weighted by Gasteiger charge is -2.34. The molecule has 0 N–H and O–H groups in total. The minimum absolute atomic E-state index is 0.127. The molecule has 0 saturated heterocycles. The van der Waals surface area contributed by atoms with Crippen molar-refractivity contribution in [3.8, 4) is 39.1 Å². The van der Waals surface area contributed by atoms with E-state index < -0.39 is 5.41 Å². The highest BCUT2D eigenvalue weighted by Gasteiger charge is 2.46. The van der Waals surface area contributed by atoms with Gasteiger partial charge in [0.15, 0.2) is 0 Å². The van der Waals surface area contributed by atoms with Crippen LogP contribution in [0.1, 0.15) is 47.2 Å². The molecular weight excluding hydrogens is 797 g/mol. The molecule has 312 valence electrons. The first-order valence-electron chi connectivity index (χ1n) is 23.1. The Balaban J connectivity index is 0.922. The SMILES string of the molecule is CC1(C)c2ccccc2-c2ccc(N(c3ccc(-c4ccc(-n5c6ccccc6c6ccccc65)cc4)cc3)c3ccc(C4(c5ccccc5)c5ccccc5-c5ccccc54)cc3)cc21. The number of para-hydroxylation sites is 2.